The molecule has 0 bridgehead atoms. The van der Waals surface area contributed by atoms with Gasteiger partial charge in [-0.25, -0.2) is 4.79 Å². The molecule has 1 aromatic rings. The van der Waals surface area contributed by atoms with Crippen LogP contribution in [0.2, 0.25) is 0 Å². The molecule has 0 aliphatic carbocycles. The van der Waals surface area contributed by atoms with Crippen LogP contribution in [0.5, 0.6) is 0 Å². The summed E-state index contributed by atoms with van der Waals surface area (Å²) in [5.74, 6) is 0.520. The maximum absolute atomic E-state index is 12.5. The number of hydrogen-bond acceptors (Lipinski definition) is 2. The maximum Gasteiger partial charge on any atom is 0.335 e. The Bertz CT molecular complexity index is 539. The second kappa shape index (κ2) is 7.43. The SMILES string of the molecule is CC(C)C1CCCN(C(=O)Cc2cccc(C(=O)O)c2)CC1. The second-order valence-corrected chi connectivity index (χ2v) is 6.50. The molecule has 1 unspecified atom stereocenters. The number of hydrogen-bond donors (Lipinski definition) is 1. The summed E-state index contributed by atoms with van der Waals surface area (Å²) in [6, 6.07) is 6.66. The lowest BCUT2D eigenvalue weighted by Gasteiger charge is -2.21. The van der Waals surface area contributed by atoms with Crippen molar-refractivity contribution in [1.29, 1.82) is 0 Å². The largest absolute Gasteiger partial charge is 0.478 e. The van der Waals surface area contributed by atoms with Crippen molar-refractivity contribution in [2.75, 3.05) is 13.1 Å². The van der Waals surface area contributed by atoms with Crippen LogP contribution < -0.4 is 0 Å². The number of rotatable bonds is 4. The molecule has 2 rings (SSSR count). The lowest BCUT2D eigenvalue weighted by atomic mass is 9.89. The molecule has 4 nitrogen and oxygen atoms in total. The van der Waals surface area contributed by atoms with Crippen LogP contribution in [0.15, 0.2) is 24.3 Å². The van der Waals surface area contributed by atoms with Crippen molar-refractivity contribution in [3.05, 3.63) is 35.4 Å². The third-order valence-corrected chi connectivity index (χ3v) is 4.60. The molecule has 1 aromatic carbocycles. The fourth-order valence-corrected chi connectivity index (χ4v) is 3.14. The fourth-order valence-electron chi connectivity index (χ4n) is 3.14. The zero-order valence-corrected chi connectivity index (χ0v) is 13.4. The number of benzene rings is 1. The first-order chi connectivity index (χ1) is 10.5. The van der Waals surface area contributed by atoms with E-state index in [0.29, 0.717) is 11.8 Å². The van der Waals surface area contributed by atoms with Gasteiger partial charge in [-0.15, -0.1) is 0 Å². The van der Waals surface area contributed by atoms with Gasteiger partial charge in [0, 0.05) is 13.1 Å². The third kappa shape index (κ3) is 4.33. The summed E-state index contributed by atoms with van der Waals surface area (Å²) in [6.45, 7) is 6.14. The molecule has 0 aromatic heterocycles. The number of amides is 1. The average Bonchev–Trinajstić information content (AvgIpc) is 2.73. The summed E-state index contributed by atoms with van der Waals surface area (Å²) in [4.78, 5) is 25.4. The maximum atomic E-state index is 12.5. The summed E-state index contributed by atoms with van der Waals surface area (Å²) in [7, 11) is 0. The van der Waals surface area contributed by atoms with E-state index in [0.717, 1.165) is 31.5 Å². The van der Waals surface area contributed by atoms with Gasteiger partial charge in [0.15, 0.2) is 0 Å². The molecule has 22 heavy (non-hydrogen) atoms. The van der Waals surface area contributed by atoms with Gasteiger partial charge in [0.25, 0.3) is 0 Å². The minimum absolute atomic E-state index is 0.104. The normalized spacial score (nSPS) is 19.0. The van der Waals surface area contributed by atoms with Crippen LogP contribution in [0, 0.1) is 11.8 Å². The topological polar surface area (TPSA) is 57.6 Å². The number of carbonyl (C=O) groups is 2. The Labute approximate surface area is 132 Å². The van der Waals surface area contributed by atoms with Gasteiger partial charge in [0.1, 0.15) is 0 Å². The lowest BCUT2D eigenvalue weighted by molar-refractivity contribution is -0.130. The average molecular weight is 303 g/mol. The molecule has 1 heterocycles. The Morgan fingerprint density at radius 2 is 2.05 bits per heavy atom. The summed E-state index contributed by atoms with van der Waals surface area (Å²) in [5, 5.41) is 9.02. The second-order valence-electron chi connectivity index (χ2n) is 6.50. The molecule has 1 aliphatic heterocycles. The van der Waals surface area contributed by atoms with Gasteiger partial charge in [-0.2, -0.15) is 0 Å². The third-order valence-electron chi connectivity index (χ3n) is 4.60. The zero-order valence-electron chi connectivity index (χ0n) is 13.4. The highest BCUT2D eigenvalue weighted by Crippen LogP contribution is 2.24. The summed E-state index contributed by atoms with van der Waals surface area (Å²) in [6.07, 6.45) is 3.60. The molecule has 1 aliphatic rings. The van der Waals surface area contributed by atoms with Gasteiger partial charge in [0.05, 0.1) is 12.0 Å². The molecule has 0 saturated carbocycles. The quantitative estimate of drug-likeness (QED) is 0.929. The van der Waals surface area contributed by atoms with Crippen LogP contribution >= 0.6 is 0 Å². The molecule has 0 spiro atoms. The molecule has 120 valence electrons. The van der Waals surface area contributed by atoms with Crippen LogP contribution in [0.1, 0.15) is 49.0 Å². The van der Waals surface area contributed by atoms with E-state index < -0.39 is 5.97 Å². The van der Waals surface area contributed by atoms with Crippen molar-refractivity contribution in [3.63, 3.8) is 0 Å². The van der Waals surface area contributed by atoms with Gasteiger partial charge >= 0.3 is 5.97 Å². The summed E-state index contributed by atoms with van der Waals surface area (Å²) in [5.41, 5.74) is 1.01. The Balaban J connectivity index is 1.97. The summed E-state index contributed by atoms with van der Waals surface area (Å²) >= 11 is 0. The molecule has 1 fully saturated rings. The Morgan fingerprint density at radius 3 is 2.73 bits per heavy atom. The number of aromatic carboxylic acids is 1. The minimum atomic E-state index is -0.955. The predicted molar refractivity (Wildman–Crippen MR) is 85.9 cm³/mol. The van der Waals surface area contributed by atoms with E-state index in [4.69, 9.17) is 5.11 Å². The predicted octanol–water partition coefficient (Wildman–Crippen LogP) is 3.21. The van der Waals surface area contributed by atoms with Crippen LogP contribution in [-0.4, -0.2) is 35.0 Å². The van der Waals surface area contributed by atoms with Gasteiger partial charge in [-0.1, -0.05) is 26.0 Å². The Morgan fingerprint density at radius 1 is 1.27 bits per heavy atom. The van der Waals surface area contributed by atoms with Crippen LogP contribution in [0.3, 0.4) is 0 Å². The molecular weight excluding hydrogens is 278 g/mol. The first-order valence-electron chi connectivity index (χ1n) is 8.07. The van der Waals surface area contributed by atoms with Crippen LogP contribution in [-0.2, 0) is 11.2 Å². The molecule has 1 amide bonds. The van der Waals surface area contributed by atoms with E-state index in [1.807, 2.05) is 11.0 Å². The van der Waals surface area contributed by atoms with Crippen molar-refractivity contribution in [3.8, 4) is 0 Å². The number of carbonyl (C=O) groups excluding carboxylic acids is 1. The number of carboxylic acids is 1. The van der Waals surface area contributed by atoms with Gasteiger partial charge in [-0.05, 0) is 48.8 Å². The van der Waals surface area contributed by atoms with Crippen molar-refractivity contribution in [2.24, 2.45) is 11.8 Å². The molecule has 0 radical (unpaired) electrons. The fraction of sp³-hybridized carbons (Fsp3) is 0.556. The Hall–Kier alpha value is -1.84. The van der Waals surface area contributed by atoms with Gasteiger partial charge < -0.3 is 10.0 Å². The van der Waals surface area contributed by atoms with Gasteiger partial charge in [-0.3, -0.25) is 4.79 Å². The first-order valence-corrected chi connectivity index (χ1v) is 8.07. The van der Waals surface area contributed by atoms with Crippen molar-refractivity contribution in [1.82, 2.24) is 4.90 Å². The monoisotopic (exact) mass is 303 g/mol. The zero-order chi connectivity index (χ0) is 16.1. The standard InChI is InChI=1S/C18H25NO3/c1-13(2)15-7-4-9-19(10-8-15)17(20)12-14-5-3-6-16(11-14)18(21)22/h3,5-6,11,13,15H,4,7-10,12H2,1-2H3,(H,21,22). The van der Waals surface area contributed by atoms with E-state index >= 15 is 0 Å². The lowest BCUT2D eigenvalue weighted by Crippen LogP contribution is -2.33. The molecular formula is C18H25NO3. The number of nitrogens with zero attached hydrogens (tertiary/aromatic N) is 1. The minimum Gasteiger partial charge on any atom is -0.478 e. The van der Waals surface area contributed by atoms with E-state index in [2.05, 4.69) is 13.8 Å². The van der Waals surface area contributed by atoms with E-state index in [1.54, 1.807) is 18.2 Å². The molecule has 1 N–H and O–H groups in total. The highest BCUT2D eigenvalue weighted by molar-refractivity contribution is 5.88. The van der Waals surface area contributed by atoms with Crippen LogP contribution in [0.4, 0.5) is 0 Å². The smallest absolute Gasteiger partial charge is 0.335 e. The molecule has 4 heteroatoms. The molecule has 1 saturated heterocycles. The summed E-state index contributed by atoms with van der Waals surface area (Å²) < 4.78 is 0. The van der Waals surface area contributed by atoms with Crippen molar-refractivity contribution in [2.45, 2.75) is 39.5 Å². The first kappa shape index (κ1) is 16.5. The highest BCUT2D eigenvalue weighted by atomic mass is 16.4. The number of likely N-dealkylation sites (tertiary alicyclic amines) is 1. The Kier molecular flexibility index (Phi) is 5.58. The van der Waals surface area contributed by atoms with E-state index in [9.17, 15) is 9.59 Å². The van der Waals surface area contributed by atoms with Crippen molar-refractivity contribution >= 4 is 11.9 Å². The van der Waals surface area contributed by atoms with Crippen LogP contribution in [0.25, 0.3) is 0 Å². The van der Waals surface area contributed by atoms with E-state index in [1.165, 1.54) is 6.42 Å². The van der Waals surface area contributed by atoms with E-state index in [-0.39, 0.29) is 17.9 Å². The molecule has 1 atom stereocenters. The van der Waals surface area contributed by atoms with Crippen molar-refractivity contribution < 1.29 is 14.7 Å². The van der Waals surface area contributed by atoms with Gasteiger partial charge in [0.2, 0.25) is 5.91 Å². The number of carboxylic acid groups (broad SMARTS) is 1. The highest BCUT2D eigenvalue weighted by Gasteiger charge is 2.22.